The van der Waals surface area contributed by atoms with Gasteiger partial charge in [-0.3, -0.25) is 4.68 Å². The minimum atomic E-state index is -0.293. The molecule has 0 aliphatic heterocycles. The Morgan fingerprint density at radius 1 is 1.22 bits per heavy atom. The number of hydrogen-bond acceptors (Lipinski definition) is 2. The molecule has 2 rings (SSSR count). The molecule has 0 unspecified atom stereocenters. The van der Waals surface area contributed by atoms with Crippen molar-refractivity contribution in [3.63, 3.8) is 0 Å². The van der Waals surface area contributed by atoms with Crippen LogP contribution in [-0.2, 0) is 6.54 Å². The first-order valence-corrected chi connectivity index (χ1v) is 6.10. The first kappa shape index (κ1) is 12.4. The van der Waals surface area contributed by atoms with E-state index in [2.05, 4.69) is 23.3 Å². The topological polar surface area (TPSA) is 41.6 Å². The second kappa shape index (κ2) is 5.05. The monoisotopic (exact) mass is 239 g/mol. The van der Waals surface area contributed by atoms with Crippen LogP contribution < -0.4 is 0 Å². The molecule has 1 aromatic heterocycles. The lowest BCUT2D eigenvalue weighted by Crippen LogP contribution is -2.12. The van der Waals surface area contributed by atoms with Crippen LogP contribution in [0.25, 0.3) is 11.1 Å². The van der Waals surface area contributed by atoms with Crippen molar-refractivity contribution in [1.29, 1.82) is 5.26 Å². The van der Waals surface area contributed by atoms with E-state index in [4.69, 9.17) is 5.26 Å². The van der Waals surface area contributed by atoms with Crippen LogP contribution in [0.4, 0.5) is 0 Å². The van der Waals surface area contributed by atoms with E-state index in [9.17, 15) is 0 Å². The highest BCUT2D eigenvalue weighted by Gasteiger charge is 2.16. The summed E-state index contributed by atoms with van der Waals surface area (Å²) < 4.78 is 1.90. The molecule has 1 aromatic carbocycles. The van der Waals surface area contributed by atoms with Crippen LogP contribution in [0.1, 0.15) is 20.3 Å². The second-order valence-corrected chi connectivity index (χ2v) is 5.10. The zero-order valence-electron chi connectivity index (χ0n) is 10.8. The molecule has 0 N–H and O–H groups in total. The number of benzene rings is 1. The fourth-order valence-electron chi connectivity index (χ4n) is 1.72. The van der Waals surface area contributed by atoms with Gasteiger partial charge in [-0.25, -0.2) is 0 Å². The predicted octanol–water partition coefficient (Wildman–Crippen LogP) is 3.49. The normalized spacial score (nSPS) is 11.2. The Morgan fingerprint density at radius 3 is 2.61 bits per heavy atom. The molecule has 0 aliphatic carbocycles. The Kier molecular flexibility index (Phi) is 3.47. The predicted molar refractivity (Wildman–Crippen MR) is 71.7 cm³/mol. The summed E-state index contributed by atoms with van der Waals surface area (Å²) in [4.78, 5) is 0. The zero-order chi connectivity index (χ0) is 13.0. The molecule has 1 heterocycles. The van der Waals surface area contributed by atoms with E-state index in [-0.39, 0.29) is 5.41 Å². The maximum atomic E-state index is 8.98. The fraction of sp³-hybridized carbons (Fsp3) is 0.333. The third-order valence-electron chi connectivity index (χ3n) is 3.01. The lowest BCUT2D eigenvalue weighted by Gasteiger charge is -2.14. The largest absolute Gasteiger partial charge is 0.272 e. The van der Waals surface area contributed by atoms with Gasteiger partial charge in [-0.15, -0.1) is 0 Å². The van der Waals surface area contributed by atoms with Gasteiger partial charge in [0, 0.05) is 18.3 Å². The van der Waals surface area contributed by atoms with E-state index in [1.807, 2.05) is 49.1 Å². The SMILES string of the molecule is CC(C)(C#N)CCn1cc(-c2ccccc2)cn1. The quantitative estimate of drug-likeness (QED) is 0.819. The number of rotatable bonds is 4. The number of nitriles is 1. The molecule has 3 heteroatoms. The average molecular weight is 239 g/mol. The molecule has 0 atom stereocenters. The van der Waals surface area contributed by atoms with Gasteiger partial charge in [-0.2, -0.15) is 10.4 Å². The second-order valence-electron chi connectivity index (χ2n) is 5.10. The van der Waals surface area contributed by atoms with Gasteiger partial charge >= 0.3 is 0 Å². The van der Waals surface area contributed by atoms with E-state index >= 15 is 0 Å². The summed E-state index contributed by atoms with van der Waals surface area (Å²) in [6, 6.07) is 12.5. The van der Waals surface area contributed by atoms with Crippen LogP contribution in [0.15, 0.2) is 42.7 Å². The van der Waals surface area contributed by atoms with Crippen LogP contribution in [-0.4, -0.2) is 9.78 Å². The highest BCUT2D eigenvalue weighted by molar-refractivity contribution is 5.61. The van der Waals surface area contributed by atoms with Crippen molar-refractivity contribution in [3.05, 3.63) is 42.7 Å². The van der Waals surface area contributed by atoms with Gasteiger partial charge in [0.15, 0.2) is 0 Å². The van der Waals surface area contributed by atoms with Crippen molar-refractivity contribution in [2.45, 2.75) is 26.8 Å². The summed E-state index contributed by atoms with van der Waals surface area (Å²) in [6.45, 7) is 4.68. The van der Waals surface area contributed by atoms with Crippen LogP contribution in [0.3, 0.4) is 0 Å². The first-order chi connectivity index (χ1) is 8.61. The molecule has 0 spiro atoms. The number of aromatic nitrogens is 2. The lowest BCUT2D eigenvalue weighted by molar-refractivity contribution is 0.399. The smallest absolute Gasteiger partial charge is 0.0684 e. The molecular weight excluding hydrogens is 222 g/mol. The molecule has 0 aliphatic rings. The summed E-state index contributed by atoms with van der Waals surface area (Å²) in [7, 11) is 0. The summed E-state index contributed by atoms with van der Waals surface area (Å²) in [5.74, 6) is 0. The molecule has 0 fully saturated rings. The number of hydrogen-bond donors (Lipinski definition) is 0. The summed E-state index contributed by atoms with van der Waals surface area (Å²) in [5, 5.41) is 13.3. The molecule has 2 aromatic rings. The highest BCUT2D eigenvalue weighted by atomic mass is 15.3. The Bertz CT molecular complexity index is 547. The van der Waals surface area contributed by atoms with Gasteiger partial charge in [0.1, 0.15) is 0 Å². The Hall–Kier alpha value is -2.08. The minimum Gasteiger partial charge on any atom is -0.272 e. The molecule has 0 radical (unpaired) electrons. The summed E-state index contributed by atoms with van der Waals surface area (Å²) >= 11 is 0. The van der Waals surface area contributed by atoms with E-state index < -0.39 is 0 Å². The molecule has 3 nitrogen and oxygen atoms in total. The minimum absolute atomic E-state index is 0.293. The van der Waals surface area contributed by atoms with Crippen molar-refractivity contribution >= 4 is 0 Å². The molecule has 0 amide bonds. The molecular formula is C15H17N3. The standard InChI is InChI=1S/C15H17N3/c1-15(2,12-16)8-9-18-11-14(10-17-18)13-6-4-3-5-7-13/h3-7,10-11H,8-9H2,1-2H3. The van der Waals surface area contributed by atoms with Crippen LogP contribution in [0.5, 0.6) is 0 Å². The van der Waals surface area contributed by atoms with Gasteiger partial charge in [0.2, 0.25) is 0 Å². The molecule has 0 bridgehead atoms. The maximum Gasteiger partial charge on any atom is 0.0684 e. The maximum absolute atomic E-state index is 8.98. The van der Waals surface area contributed by atoms with E-state index in [1.165, 1.54) is 5.56 Å². The molecule has 18 heavy (non-hydrogen) atoms. The Morgan fingerprint density at radius 2 is 1.94 bits per heavy atom. The van der Waals surface area contributed by atoms with Crippen molar-refractivity contribution in [3.8, 4) is 17.2 Å². The fourth-order valence-corrected chi connectivity index (χ4v) is 1.72. The van der Waals surface area contributed by atoms with E-state index in [0.717, 1.165) is 18.5 Å². The third kappa shape index (κ3) is 2.98. The van der Waals surface area contributed by atoms with Crippen LogP contribution in [0, 0.1) is 16.7 Å². The van der Waals surface area contributed by atoms with Crippen LogP contribution >= 0.6 is 0 Å². The zero-order valence-corrected chi connectivity index (χ0v) is 10.8. The number of aryl methyl sites for hydroxylation is 1. The van der Waals surface area contributed by atoms with Gasteiger partial charge < -0.3 is 0 Å². The van der Waals surface area contributed by atoms with Crippen molar-refractivity contribution in [1.82, 2.24) is 9.78 Å². The van der Waals surface area contributed by atoms with Crippen molar-refractivity contribution in [2.24, 2.45) is 5.41 Å². The third-order valence-corrected chi connectivity index (χ3v) is 3.01. The van der Waals surface area contributed by atoms with E-state index in [0.29, 0.717) is 0 Å². The van der Waals surface area contributed by atoms with E-state index in [1.54, 1.807) is 0 Å². The van der Waals surface area contributed by atoms with Gasteiger partial charge in [0.05, 0.1) is 17.7 Å². The summed E-state index contributed by atoms with van der Waals surface area (Å²) in [6.07, 6.45) is 4.71. The van der Waals surface area contributed by atoms with Crippen LogP contribution in [0.2, 0.25) is 0 Å². The first-order valence-electron chi connectivity index (χ1n) is 6.10. The van der Waals surface area contributed by atoms with Gasteiger partial charge in [-0.1, -0.05) is 30.3 Å². The highest BCUT2D eigenvalue weighted by Crippen LogP contribution is 2.21. The molecule has 0 saturated heterocycles. The Balaban J connectivity index is 2.06. The lowest BCUT2D eigenvalue weighted by atomic mass is 9.92. The summed E-state index contributed by atoms with van der Waals surface area (Å²) in [5.41, 5.74) is 1.99. The van der Waals surface area contributed by atoms with Gasteiger partial charge in [-0.05, 0) is 25.8 Å². The van der Waals surface area contributed by atoms with Crippen molar-refractivity contribution in [2.75, 3.05) is 0 Å². The average Bonchev–Trinajstić information content (AvgIpc) is 2.86. The Labute approximate surface area is 108 Å². The van der Waals surface area contributed by atoms with Gasteiger partial charge in [0.25, 0.3) is 0 Å². The number of nitrogens with zero attached hydrogens (tertiary/aromatic N) is 3. The molecule has 0 saturated carbocycles. The van der Waals surface area contributed by atoms with Crippen molar-refractivity contribution < 1.29 is 0 Å². The molecule has 92 valence electrons.